The highest BCUT2D eigenvalue weighted by molar-refractivity contribution is 7.92. The summed E-state index contributed by atoms with van der Waals surface area (Å²) in [7, 11) is 1.64. The van der Waals surface area contributed by atoms with E-state index in [1.807, 2.05) is 25.3 Å². The van der Waals surface area contributed by atoms with Crippen LogP contribution in [-0.4, -0.2) is 35.5 Å². The lowest BCUT2D eigenvalue weighted by Gasteiger charge is -2.15. The number of ketones is 1. The van der Waals surface area contributed by atoms with Gasteiger partial charge in [0, 0.05) is 19.3 Å². The van der Waals surface area contributed by atoms with Gasteiger partial charge in [-0.1, -0.05) is 13.8 Å². The first-order valence-electron chi connectivity index (χ1n) is 9.37. The molecule has 2 atom stereocenters. The van der Waals surface area contributed by atoms with Gasteiger partial charge in [-0.15, -0.1) is 11.3 Å². The van der Waals surface area contributed by atoms with Gasteiger partial charge in [0.2, 0.25) is 5.78 Å². The van der Waals surface area contributed by atoms with Crippen LogP contribution in [0, 0.1) is 5.92 Å². The largest absolute Gasteiger partial charge is 0.380 e. The number of hydrogen-bond donors (Lipinski definition) is 2. The molecule has 1 fully saturated rings. The van der Waals surface area contributed by atoms with Gasteiger partial charge in [-0.2, -0.15) is 0 Å². The molecular weight excluding hydrogens is 396 g/mol. The summed E-state index contributed by atoms with van der Waals surface area (Å²) in [4.78, 5) is 21.9. The lowest BCUT2D eigenvalue weighted by molar-refractivity contribution is 0.104. The molecule has 28 heavy (non-hydrogen) atoms. The van der Waals surface area contributed by atoms with Crippen LogP contribution in [0.25, 0.3) is 0 Å². The summed E-state index contributed by atoms with van der Waals surface area (Å²) in [5.74, 6) is 0.989. The summed E-state index contributed by atoms with van der Waals surface area (Å²) < 4.78 is 10.4. The number of ether oxygens (including phenoxy) is 1. The van der Waals surface area contributed by atoms with Crippen molar-refractivity contribution in [1.82, 2.24) is 9.97 Å². The van der Waals surface area contributed by atoms with E-state index in [1.54, 1.807) is 13.3 Å². The first-order chi connectivity index (χ1) is 13.7. The average molecular weight is 425 g/mol. The first kappa shape index (κ1) is 22.8. The number of nitrogens with one attached hydrogen (secondary N) is 1. The molecule has 0 amide bonds. The Kier molecular flexibility index (Phi) is 9.86. The van der Waals surface area contributed by atoms with E-state index in [-0.39, 0.29) is 11.8 Å². The fraction of sp³-hybridized carbons (Fsp3) is 0.526. The Morgan fingerprint density at radius 2 is 2.25 bits per heavy atom. The summed E-state index contributed by atoms with van der Waals surface area (Å²) in [6.45, 7) is 5.14. The zero-order valence-electron chi connectivity index (χ0n) is 16.5. The second kappa shape index (κ2) is 12.1. The van der Waals surface area contributed by atoms with E-state index in [0.717, 1.165) is 37.1 Å². The third-order valence-electron chi connectivity index (χ3n) is 4.40. The van der Waals surface area contributed by atoms with Crippen LogP contribution < -0.4 is 10.5 Å². The molecule has 2 heterocycles. The van der Waals surface area contributed by atoms with Gasteiger partial charge in [-0.25, -0.2) is 9.97 Å². The summed E-state index contributed by atoms with van der Waals surface area (Å²) in [6.07, 6.45) is 6.09. The predicted octanol–water partition coefficient (Wildman–Crippen LogP) is 4.06. The van der Waals surface area contributed by atoms with Crippen molar-refractivity contribution < 1.29 is 13.7 Å². The zero-order chi connectivity index (χ0) is 20.4. The Morgan fingerprint density at radius 1 is 1.43 bits per heavy atom. The number of rotatable bonds is 9. The van der Waals surface area contributed by atoms with Gasteiger partial charge in [0.25, 0.3) is 0 Å². The molecule has 0 aliphatic heterocycles. The number of aromatic nitrogens is 2. The average Bonchev–Trinajstić information content (AvgIpc) is 3.38. The molecule has 9 heteroatoms. The highest BCUT2D eigenvalue weighted by Crippen LogP contribution is 2.30. The van der Waals surface area contributed by atoms with Crippen molar-refractivity contribution >= 4 is 35.2 Å². The van der Waals surface area contributed by atoms with Gasteiger partial charge in [0.15, 0.2) is 0 Å². The maximum Gasteiger partial charge on any atom is 0.208 e. The number of nitrogens with two attached hydrogens (primary N) is 1. The molecule has 0 radical (unpaired) electrons. The molecule has 1 aliphatic carbocycles. The van der Waals surface area contributed by atoms with Gasteiger partial charge in [0.1, 0.15) is 12.1 Å². The van der Waals surface area contributed by atoms with Crippen molar-refractivity contribution in [3.05, 3.63) is 40.0 Å². The summed E-state index contributed by atoms with van der Waals surface area (Å²) in [6, 6.07) is 2.13. The lowest BCUT2D eigenvalue weighted by atomic mass is 10.1. The van der Waals surface area contributed by atoms with E-state index in [9.17, 15) is 4.79 Å². The Hall–Kier alpha value is -1.52. The summed E-state index contributed by atoms with van der Waals surface area (Å²) in [5, 5.41) is 10.7. The molecule has 0 spiro atoms. The fourth-order valence-corrected chi connectivity index (χ4v) is 4.29. The van der Waals surface area contributed by atoms with Crippen molar-refractivity contribution in [3.8, 4) is 0 Å². The Balaban J connectivity index is 0.00000136. The van der Waals surface area contributed by atoms with Crippen LogP contribution in [-0.2, 0) is 15.5 Å². The molecule has 2 aromatic rings. The second-order valence-electron chi connectivity index (χ2n) is 6.27. The zero-order valence-corrected chi connectivity index (χ0v) is 18.1. The van der Waals surface area contributed by atoms with Crippen LogP contribution in [0.3, 0.4) is 0 Å². The van der Waals surface area contributed by atoms with Crippen molar-refractivity contribution in [1.29, 1.82) is 0 Å². The highest BCUT2D eigenvalue weighted by Gasteiger charge is 2.27. The molecule has 1 aliphatic rings. The third kappa shape index (κ3) is 6.25. The number of methoxy groups -OCH3 is 1. The first-order valence-corrected chi connectivity index (χ1v) is 11.1. The molecule has 0 bridgehead atoms. The second-order valence-corrected chi connectivity index (χ2v) is 7.61. The minimum absolute atomic E-state index is 0.0714. The number of carbonyl (C=O) groups is 1. The third-order valence-corrected chi connectivity index (χ3v) is 5.65. The Morgan fingerprint density at radius 3 is 3.00 bits per heavy atom. The fourth-order valence-electron chi connectivity index (χ4n) is 3.17. The van der Waals surface area contributed by atoms with Gasteiger partial charge in [-0.05, 0) is 42.2 Å². The molecule has 3 rings (SSSR count). The number of carbonyl (C=O) groups excluding carboxylic acids is 1. The number of nitrogens with zero attached hydrogens (tertiary/aromatic N) is 2. The normalized spacial score (nSPS) is 18.4. The van der Waals surface area contributed by atoms with E-state index < -0.39 is 0 Å². The SMILES string of the molecule is CC.COCc1csc(C(=O)c2cncnc2NC2CCC(COSN)C2)c1. The smallest absolute Gasteiger partial charge is 0.208 e. The molecule has 2 unspecified atom stereocenters. The molecule has 154 valence electrons. The van der Waals surface area contributed by atoms with Crippen LogP contribution >= 0.6 is 23.6 Å². The topological polar surface area (TPSA) is 99.4 Å². The summed E-state index contributed by atoms with van der Waals surface area (Å²) in [5.41, 5.74) is 1.49. The van der Waals surface area contributed by atoms with Crippen LogP contribution in [0.15, 0.2) is 24.0 Å². The minimum Gasteiger partial charge on any atom is -0.380 e. The maximum absolute atomic E-state index is 12.9. The van der Waals surface area contributed by atoms with Crippen LogP contribution in [0.2, 0.25) is 0 Å². The van der Waals surface area contributed by atoms with E-state index in [0.29, 0.717) is 35.4 Å². The van der Waals surface area contributed by atoms with Crippen molar-refractivity contribution in [2.45, 2.75) is 45.8 Å². The molecule has 3 N–H and O–H groups in total. The quantitative estimate of drug-likeness (QED) is 0.353. The molecule has 7 nitrogen and oxygen atoms in total. The number of hydrogen-bond acceptors (Lipinski definition) is 9. The van der Waals surface area contributed by atoms with Crippen LogP contribution in [0.4, 0.5) is 5.82 Å². The van der Waals surface area contributed by atoms with E-state index in [1.165, 1.54) is 17.7 Å². The summed E-state index contributed by atoms with van der Waals surface area (Å²) >= 11 is 2.32. The van der Waals surface area contributed by atoms with Crippen molar-refractivity contribution in [2.24, 2.45) is 11.1 Å². The van der Waals surface area contributed by atoms with Crippen LogP contribution in [0.1, 0.15) is 53.9 Å². The van der Waals surface area contributed by atoms with E-state index >= 15 is 0 Å². The van der Waals surface area contributed by atoms with Gasteiger partial charge in [0.05, 0.1) is 35.9 Å². The van der Waals surface area contributed by atoms with Gasteiger partial charge in [-0.3, -0.25) is 9.93 Å². The molecular formula is C19H28N4O3S2. The van der Waals surface area contributed by atoms with Crippen molar-refractivity contribution in [2.75, 3.05) is 19.0 Å². The van der Waals surface area contributed by atoms with Gasteiger partial charge >= 0.3 is 0 Å². The number of thiophene rings is 1. The molecule has 1 saturated carbocycles. The maximum atomic E-state index is 12.9. The highest BCUT2D eigenvalue weighted by atomic mass is 32.2. The molecule has 0 aromatic carbocycles. The standard InChI is InChI=1S/C17H22N4O3S2.C2H6/c1-23-7-12-5-15(25-9-12)16(22)14-6-19-10-20-17(14)21-13-3-2-11(4-13)8-24-26-18;1-2/h5-6,9-11,13H,2-4,7-8,18H2,1H3,(H,19,20,21);1-2H3. The van der Waals surface area contributed by atoms with E-state index in [4.69, 9.17) is 14.1 Å². The molecule has 2 aromatic heterocycles. The lowest BCUT2D eigenvalue weighted by Crippen LogP contribution is -2.20. The Bertz CT molecular complexity index is 741. The Labute approximate surface area is 174 Å². The van der Waals surface area contributed by atoms with Crippen LogP contribution in [0.5, 0.6) is 0 Å². The number of anilines is 1. The molecule has 0 saturated heterocycles. The predicted molar refractivity (Wildman–Crippen MR) is 114 cm³/mol. The monoisotopic (exact) mass is 424 g/mol. The van der Waals surface area contributed by atoms with E-state index in [2.05, 4.69) is 15.3 Å². The minimum atomic E-state index is -0.0714. The van der Waals surface area contributed by atoms with Crippen molar-refractivity contribution in [3.63, 3.8) is 0 Å². The van der Waals surface area contributed by atoms with Gasteiger partial charge < -0.3 is 14.2 Å².